The number of rotatable bonds is 4. The number of nitrogens with zero attached hydrogens (tertiary/aromatic N) is 3. The van der Waals surface area contributed by atoms with E-state index < -0.39 is 0 Å². The van der Waals surface area contributed by atoms with Crippen LogP contribution >= 0.6 is 11.3 Å². The van der Waals surface area contributed by atoms with Gasteiger partial charge in [-0.3, -0.25) is 9.55 Å². The van der Waals surface area contributed by atoms with Crippen LogP contribution in [-0.4, -0.2) is 14.5 Å². The van der Waals surface area contributed by atoms with E-state index in [1.165, 1.54) is 30.9 Å². The SMILES string of the molecule is c1ccc(-c2cccc(Oc3ccc4c5cc6c(cc5n(-c5ccccn5)c4c3)sc3ccccc36)c2)nc1. The van der Waals surface area contributed by atoms with E-state index in [1.807, 2.05) is 78.2 Å². The molecule has 0 aliphatic carbocycles. The lowest BCUT2D eigenvalue weighted by Gasteiger charge is -2.10. The molecule has 0 aliphatic heterocycles. The largest absolute Gasteiger partial charge is 0.457 e. The van der Waals surface area contributed by atoms with Gasteiger partial charge in [0.1, 0.15) is 17.3 Å². The smallest absolute Gasteiger partial charge is 0.137 e. The maximum Gasteiger partial charge on any atom is 0.137 e. The van der Waals surface area contributed by atoms with E-state index in [0.717, 1.165) is 39.6 Å². The minimum atomic E-state index is 0.769. The second kappa shape index (κ2) is 8.79. The average Bonchev–Trinajstić information content (AvgIpc) is 3.51. The number of hydrogen-bond acceptors (Lipinski definition) is 4. The van der Waals surface area contributed by atoms with Gasteiger partial charge in [-0.25, -0.2) is 4.98 Å². The lowest BCUT2D eigenvalue weighted by molar-refractivity contribution is 0.483. The molecule has 4 nitrogen and oxygen atoms in total. The van der Waals surface area contributed by atoms with Gasteiger partial charge < -0.3 is 4.74 Å². The predicted molar refractivity (Wildman–Crippen MR) is 161 cm³/mol. The van der Waals surface area contributed by atoms with Crippen molar-refractivity contribution < 1.29 is 4.74 Å². The van der Waals surface area contributed by atoms with Crippen LogP contribution in [0.3, 0.4) is 0 Å². The van der Waals surface area contributed by atoms with Crippen molar-refractivity contribution in [3.05, 3.63) is 128 Å². The summed E-state index contributed by atoms with van der Waals surface area (Å²) in [4.78, 5) is 9.20. The minimum absolute atomic E-state index is 0.769. The molecule has 0 unspecified atom stereocenters. The summed E-state index contributed by atoms with van der Waals surface area (Å²) >= 11 is 1.83. The molecular formula is C34H21N3OS. The number of aromatic nitrogens is 3. The zero-order chi connectivity index (χ0) is 25.8. The molecule has 0 saturated carbocycles. The molecule has 0 N–H and O–H groups in total. The molecule has 0 fully saturated rings. The molecule has 0 radical (unpaired) electrons. The van der Waals surface area contributed by atoms with E-state index in [2.05, 4.69) is 64.1 Å². The molecule has 0 aliphatic rings. The summed E-state index contributed by atoms with van der Waals surface area (Å²) < 4.78 is 11.2. The topological polar surface area (TPSA) is 39.9 Å². The summed E-state index contributed by atoms with van der Waals surface area (Å²) in [6, 6.07) is 39.6. The third kappa shape index (κ3) is 3.67. The fourth-order valence-corrected chi connectivity index (χ4v) is 6.52. The molecule has 0 spiro atoms. The molecule has 0 amide bonds. The van der Waals surface area contributed by atoms with E-state index in [0.29, 0.717) is 0 Å². The minimum Gasteiger partial charge on any atom is -0.457 e. The standard InChI is InChI=1S/C34H21N3OS/c1-2-12-32-26(10-1)28-20-27-25-15-14-24(38-23-9-7-8-22(18-23)29-11-3-5-16-35-29)19-30(25)37(31(27)21-33(28)39-32)34-13-4-6-17-36-34/h1-21H. The van der Waals surface area contributed by atoms with Gasteiger partial charge in [-0.2, -0.15) is 0 Å². The Morgan fingerprint density at radius 1 is 0.538 bits per heavy atom. The van der Waals surface area contributed by atoms with Gasteiger partial charge in [0.05, 0.1) is 16.7 Å². The van der Waals surface area contributed by atoms with Crippen LogP contribution in [0.1, 0.15) is 0 Å². The van der Waals surface area contributed by atoms with Crippen molar-refractivity contribution in [1.29, 1.82) is 0 Å². The first-order chi connectivity index (χ1) is 19.3. The van der Waals surface area contributed by atoms with Crippen LogP contribution in [0.4, 0.5) is 0 Å². The molecule has 0 saturated heterocycles. The maximum absolute atomic E-state index is 6.40. The molecule has 5 heteroatoms. The van der Waals surface area contributed by atoms with Crippen molar-refractivity contribution in [2.75, 3.05) is 0 Å². The van der Waals surface area contributed by atoms with Crippen LogP contribution in [0.15, 0.2) is 128 Å². The Labute approximate surface area is 228 Å². The molecule has 39 heavy (non-hydrogen) atoms. The van der Waals surface area contributed by atoms with Crippen molar-refractivity contribution in [2.45, 2.75) is 0 Å². The number of benzene rings is 4. The van der Waals surface area contributed by atoms with Crippen molar-refractivity contribution in [3.8, 4) is 28.6 Å². The van der Waals surface area contributed by atoms with Gasteiger partial charge >= 0.3 is 0 Å². The molecule has 0 bridgehead atoms. The highest BCUT2D eigenvalue weighted by Crippen LogP contribution is 2.41. The van der Waals surface area contributed by atoms with Gasteiger partial charge in [0.25, 0.3) is 0 Å². The molecule has 184 valence electrons. The zero-order valence-corrected chi connectivity index (χ0v) is 21.6. The number of ether oxygens (including phenoxy) is 1. The van der Waals surface area contributed by atoms with Crippen LogP contribution in [-0.2, 0) is 0 Å². The van der Waals surface area contributed by atoms with Crippen LogP contribution < -0.4 is 4.74 Å². The van der Waals surface area contributed by atoms with Gasteiger partial charge in [0.15, 0.2) is 0 Å². The number of pyridine rings is 2. The Balaban J connectivity index is 1.32. The molecule has 4 aromatic heterocycles. The predicted octanol–water partition coefficient (Wildman–Crippen LogP) is 9.40. The van der Waals surface area contributed by atoms with E-state index in [-0.39, 0.29) is 0 Å². The van der Waals surface area contributed by atoms with Gasteiger partial charge in [0.2, 0.25) is 0 Å². The first kappa shape index (κ1) is 22.0. The number of fused-ring (bicyclic) bond motifs is 6. The van der Waals surface area contributed by atoms with Crippen LogP contribution in [0.25, 0.3) is 59.1 Å². The maximum atomic E-state index is 6.40. The Morgan fingerprint density at radius 3 is 2.23 bits per heavy atom. The lowest BCUT2D eigenvalue weighted by Crippen LogP contribution is -1.96. The molecule has 4 heterocycles. The van der Waals surface area contributed by atoms with Gasteiger partial charge in [-0.15, -0.1) is 11.3 Å². The lowest BCUT2D eigenvalue weighted by atomic mass is 10.1. The summed E-state index contributed by atoms with van der Waals surface area (Å²) in [6.45, 7) is 0. The van der Waals surface area contributed by atoms with Crippen molar-refractivity contribution in [2.24, 2.45) is 0 Å². The van der Waals surface area contributed by atoms with Crippen molar-refractivity contribution in [3.63, 3.8) is 0 Å². The monoisotopic (exact) mass is 519 g/mol. The first-order valence-corrected chi connectivity index (χ1v) is 13.6. The Hall–Kier alpha value is -5.00. The molecule has 0 atom stereocenters. The molecule has 4 aromatic carbocycles. The van der Waals surface area contributed by atoms with E-state index in [9.17, 15) is 0 Å². The highest BCUT2D eigenvalue weighted by atomic mass is 32.1. The fraction of sp³-hybridized carbons (Fsp3) is 0. The first-order valence-electron chi connectivity index (χ1n) is 12.8. The third-order valence-corrected chi connectivity index (χ3v) is 8.28. The summed E-state index contributed by atoms with van der Waals surface area (Å²) in [5.41, 5.74) is 4.13. The van der Waals surface area contributed by atoms with E-state index >= 15 is 0 Å². The highest BCUT2D eigenvalue weighted by Gasteiger charge is 2.17. The number of hydrogen-bond donors (Lipinski definition) is 0. The van der Waals surface area contributed by atoms with Crippen LogP contribution in [0.5, 0.6) is 11.5 Å². The molecular weight excluding hydrogens is 498 g/mol. The van der Waals surface area contributed by atoms with E-state index in [1.54, 1.807) is 6.20 Å². The number of thiophene rings is 1. The second-order valence-electron chi connectivity index (χ2n) is 9.51. The van der Waals surface area contributed by atoms with Crippen molar-refractivity contribution >= 4 is 53.3 Å². The molecule has 8 rings (SSSR count). The second-order valence-corrected chi connectivity index (χ2v) is 10.6. The Kier molecular flexibility index (Phi) is 4.96. The van der Waals surface area contributed by atoms with E-state index in [4.69, 9.17) is 9.72 Å². The Morgan fingerprint density at radius 2 is 1.36 bits per heavy atom. The quantitative estimate of drug-likeness (QED) is 0.232. The Bertz CT molecular complexity index is 2150. The fourth-order valence-electron chi connectivity index (χ4n) is 5.40. The van der Waals surface area contributed by atoms with Gasteiger partial charge in [-0.05, 0) is 66.7 Å². The highest BCUT2D eigenvalue weighted by molar-refractivity contribution is 7.25. The summed E-state index contributed by atoms with van der Waals surface area (Å²) in [6.07, 6.45) is 3.65. The van der Waals surface area contributed by atoms with Gasteiger partial charge in [0, 0.05) is 55.0 Å². The molecule has 8 aromatic rings. The average molecular weight is 520 g/mol. The summed E-state index contributed by atoms with van der Waals surface area (Å²) in [5, 5.41) is 4.96. The van der Waals surface area contributed by atoms with Crippen molar-refractivity contribution in [1.82, 2.24) is 14.5 Å². The summed E-state index contributed by atoms with van der Waals surface area (Å²) in [7, 11) is 0. The van der Waals surface area contributed by atoms with Crippen LogP contribution in [0, 0.1) is 0 Å². The third-order valence-electron chi connectivity index (χ3n) is 7.14. The normalized spacial score (nSPS) is 11.6. The van der Waals surface area contributed by atoms with Gasteiger partial charge in [-0.1, -0.05) is 42.5 Å². The summed E-state index contributed by atoms with van der Waals surface area (Å²) in [5.74, 6) is 2.42. The zero-order valence-electron chi connectivity index (χ0n) is 20.8. The van der Waals surface area contributed by atoms with Crippen LogP contribution in [0.2, 0.25) is 0 Å².